The van der Waals surface area contributed by atoms with Gasteiger partial charge in [0.15, 0.2) is 12.4 Å². The summed E-state index contributed by atoms with van der Waals surface area (Å²) in [7, 11) is 0. The van der Waals surface area contributed by atoms with Crippen molar-refractivity contribution in [2.24, 2.45) is 0 Å². The van der Waals surface area contributed by atoms with Gasteiger partial charge in [0.25, 0.3) is 0 Å². The summed E-state index contributed by atoms with van der Waals surface area (Å²) in [5, 5.41) is 13.2. The molecule has 8 nitrogen and oxygen atoms in total. The molecule has 142 valence electrons. The first kappa shape index (κ1) is 20.2. The molecule has 0 aliphatic rings. The third kappa shape index (κ3) is 6.30. The zero-order valence-corrected chi connectivity index (χ0v) is 15.4. The highest BCUT2D eigenvalue weighted by molar-refractivity contribution is 7.17. The van der Waals surface area contributed by atoms with E-state index in [1.165, 1.54) is 19.1 Å². The van der Waals surface area contributed by atoms with E-state index in [0.29, 0.717) is 23.4 Å². The lowest BCUT2D eigenvalue weighted by Crippen LogP contribution is -2.21. The molecular weight excluding hydrogens is 372 g/mol. The molecule has 2 aromatic rings. The number of Topliss-reactive ketones (excluding diaryl/α,β-unsaturated/α-hetero) is 1. The van der Waals surface area contributed by atoms with Gasteiger partial charge >= 0.3 is 11.0 Å². The maximum Gasteiger partial charge on any atom is 0.349 e. The average molecular weight is 390 g/mol. The molecule has 0 bridgehead atoms. The van der Waals surface area contributed by atoms with E-state index in [9.17, 15) is 24.5 Å². The first-order valence-corrected chi connectivity index (χ1v) is 8.96. The molecule has 0 spiro atoms. The van der Waals surface area contributed by atoms with Crippen molar-refractivity contribution in [3.8, 4) is 0 Å². The minimum absolute atomic E-state index is 0.0670. The maximum absolute atomic E-state index is 12.1. The van der Waals surface area contributed by atoms with Gasteiger partial charge in [0.1, 0.15) is 4.88 Å². The molecule has 0 saturated heterocycles. The Balaban J connectivity index is 1.82. The second kappa shape index (κ2) is 9.58. The summed E-state index contributed by atoms with van der Waals surface area (Å²) < 4.78 is 4.93. The molecule has 1 amide bonds. The number of nitrogens with one attached hydrogen (secondary N) is 1. The minimum Gasteiger partial charge on any atom is -0.453 e. The third-order valence-corrected chi connectivity index (χ3v) is 4.62. The van der Waals surface area contributed by atoms with Crippen LogP contribution in [-0.4, -0.2) is 35.7 Å². The number of nitro groups is 1. The summed E-state index contributed by atoms with van der Waals surface area (Å²) in [5.41, 5.74) is 1.44. The van der Waals surface area contributed by atoms with Crippen LogP contribution in [0, 0.1) is 10.1 Å². The second-order valence-electron chi connectivity index (χ2n) is 5.68. The molecule has 9 heteroatoms. The first-order chi connectivity index (χ1) is 12.9. The van der Waals surface area contributed by atoms with Gasteiger partial charge in [-0.15, -0.1) is 0 Å². The molecule has 0 aliphatic heterocycles. The van der Waals surface area contributed by atoms with E-state index in [1.807, 2.05) is 12.1 Å². The van der Waals surface area contributed by atoms with E-state index in [4.69, 9.17) is 4.74 Å². The molecule has 0 radical (unpaired) electrons. The fourth-order valence-electron chi connectivity index (χ4n) is 2.24. The number of ether oxygens (including phenoxy) is 1. The number of rotatable bonds is 9. The summed E-state index contributed by atoms with van der Waals surface area (Å²) in [5.74, 6) is -1.20. The molecule has 1 N–H and O–H groups in total. The van der Waals surface area contributed by atoms with Gasteiger partial charge in [0.05, 0.1) is 4.92 Å². The van der Waals surface area contributed by atoms with Crippen LogP contribution in [0.2, 0.25) is 0 Å². The van der Waals surface area contributed by atoms with Crippen LogP contribution >= 0.6 is 11.3 Å². The Bertz CT molecular complexity index is 844. The van der Waals surface area contributed by atoms with Gasteiger partial charge in [-0.05, 0) is 24.5 Å². The Kier molecular flexibility index (Phi) is 7.18. The summed E-state index contributed by atoms with van der Waals surface area (Å²) in [4.78, 5) is 44.9. The van der Waals surface area contributed by atoms with Gasteiger partial charge in [0.2, 0.25) is 5.91 Å². The van der Waals surface area contributed by atoms with Crippen molar-refractivity contribution in [2.45, 2.75) is 19.8 Å². The highest BCUT2D eigenvalue weighted by Gasteiger charge is 2.17. The number of esters is 1. The van der Waals surface area contributed by atoms with E-state index in [2.05, 4.69) is 5.32 Å². The van der Waals surface area contributed by atoms with Crippen molar-refractivity contribution >= 4 is 34.0 Å². The topological polar surface area (TPSA) is 116 Å². The number of thiophene rings is 1. The normalized spacial score (nSPS) is 10.3. The van der Waals surface area contributed by atoms with E-state index in [0.717, 1.165) is 18.4 Å². The summed E-state index contributed by atoms with van der Waals surface area (Å²) in [6.45, 7) is 1.62. The van der Waals surface area contributed by atoms with Crippen LogP contribution in [0.1, 0.15) is 38.9 Å². The van der Waals surface area contributed by atoms with Gasteiger partial charge in [-0.25, -0.2) is 4.79 Å². The van der Waals surface area contributed by atoms with Gasteiger partial charge in [-0.3, -0.25) is 19.7 Å². The van der Waals surface area contributed by atoms with Gasteiger partial charge in [-0.1, -0.05) is 35.6 Å². The average Bonchev–Trinajstić information content (AvgIpc) is 3.14. The molecule has 0 saturated carbocycles. The third-order valence-electron chi connectivity index (χ3n) is 3.60. The van der Waals surface area contributed by atoms with Gasteiger partial charge in [0, 0.05) is 25.1 Å². The zero-order chi connectivity index (χ0) is 19.8. The monoisotopic (exact) mass is 390 g/mol. The van der Waals surface area contributed by atoms with Crippen LogP contribution in [0.25, 0.3) is 0 Å². The Morgan fingerprint density at radius 1 is 1.15 bits per heavy atom. The number of amides is 1. The summed E-state index contributed by atoms with van der Waals surface area (Å²) in [6, 6.07) is 9.44. The highest BCUT2D eigenvalue weighted by Crippen LogP contribution is 2.24. The summed E-state index contributed by atoms with van der Waals surface area (Å²) in [6.07, 6.45) is 1.55. The standard InChI is InChI=1S/C18H18N2O6S/c1-12(21)19-10-2-3-13-4-6-14(7-5-13)15(22)11-26-18(23)16-8-9-17(27-16)20(24)25/h4-9H,2-3,10-11H2,1H3,(H,19,21). The van der Waals surface area contributed by atoms with Gasteiger partial charge < -0.3 is 10.1 Å². The Hall–Kier alpha value is -3.07. The van der Waals surface area contributed by atoms with Crippen molar-refractivity contribution in [3.63, 3.8) is 0 Å². The Morgan fingerprint density at radius 3 is 2.44 bits per heavy atom. The van der Waals surface area contributed by atoms with Crippen molar-refractivity contribution in [1.29, 1.82) is 0 Å². The summed E-state index contributed by atoms with van der Waals surface area (Å²) >= 11 is 0.699. The van der Waals surface area contributed by atoms with Crippen LogP contribution in [0.5, 0.6) is 0 Å². The number of ketones is 1. The number of hydrogen-bond donors (Lipinski definition) is 1. The molecular formula is C18H18N2O6S. The minimum atomic E-state index is -0.768. The fourth-order valence-corrected chi connectivity index (χ4v) is 2.95. The van der Waals surface area contributed by atoms with Crippen LogP contribution < -0.4 is 5.32 Å². The molecule has 0 fully saturated rings. The molecule has 1 aromatic carbocycles. The lowest BCUT2D eigenvalue weighted by molar-refractivity contribution is -0.380. The highest BCUT2D eigenvalue weighted by atomic mass is 32.1. The van der Waals surface area contributed by atoms with Crippen molar-refractivity contribution in [3.05, 3.63) is 62.5 Å². The van der Waals surface area contributed by atoms with Crippen molar-refractivity contribution in [2.75, 3.05) is 13.2 Å². The lowest BCUT2D eigenvalue weighted by Gasteiger charge is -2.05. The Morgan fingerprint density at radius 2 is 1.85 bits per heavy atom. The quantitative estimate of drug-likeness (QED) is 0.231. The van der Waals surface area contributed by atoms with Crippen LogP contribution in [-0.2, 0) is 16.0 Å². The molecule has 0 atom stereocenters. The lowest BCUT2D eigenvalue weighted by atomic mass is 10.1. The molecule has 0 aliphatic carbocycles. The SMILES string of the molecule is CC(=O)NCCCc1ccc(C(=O)COC(=O)c2ccc([N+](=O)[O-])s2)cc1. The smallest absolute Gasteiger partial charge is 0.349 e. The molecule has 2 rings (SSSR count). The van der Waals surface area contributed by atoms with Crippen LogP contribution in [0.15, 0.2) is 36.4 Å². The van der Waals surface area contributed by atoms with E-state index in [1.54, 1.807) is 12.1 Å². The number of hydrogen-bond acceptors (Lipinski definition) is 7. The van der Waals surface area contributed by atoms with Crippen LogP contribution in [0.3, 0.4) is 0 Å². The number of carbonyl (C=O) groups is 3. The first-order valence-electron chi connectivity index (χ1n) is 8.14. The van der Waals surface area contributed by atoms with E-state index >= 15 is 0 Å². The molecule has 1 aromatic heterocycles. The van der Waals surface area contributed by atoms with E-state index in [-0.39, 0.29) is 21.6 Å². The molecule has 0 unspecified atom stereocenters. The number of nitrogens with zero attached hydrogens (tertiary/aromatic N) is 1. The number of benzene rings is 1. The number of carbonyl (C=O) groups excluding carboxylic acids is 3. The van der Waals surface area contributed by atoms with Crippen molar-refractivity contribution < 1.29 is 24.0 Å². The molecule has 1 heterocycles. The van der Waals surface area contributed by atoms with Crippen LogP contribution in [0.4, 0.5) is 5.00 Å². The molecule has 27 heavy (non-hydrogen) atoms. The van der Waals surface area contributed by atoms with Gasteiger partial charge in [-0.2, -0.15) is 0 Å². The predicted octanol–water partition coefficient (Wildman–Crippen LogP) is 2.76. The predicted molar refractivity (Wildman–Crippen MR) is 99.0 cm³/mol. The zero-order valence-electron chi connectivity index (χ0n) is 14.6. The fraction of sp³-hybridized carbons (Fsp3) is 0.278. The largest absolute Gasteiger partial charge is 0.453 e. The Labute approximate surface area is 159 Å². The second-order valence-corrected chi connectivity index (χ2v) is 6.74. The van der Waals surface area contributed by atoms with E-state index < -0.39 is 17.5 Å². The maximum atomic E-state index is 12.1. The number of aryl methyl sites for hydroxylation is 1. The van der Waals surface area contributed by atoms with Crippen molar-refractivity contribution in [1.82, 2.24) is 5.32 Å².